The second-order valence-electron chi connectivity index (χ2n) is 9.40. The highest BCUT2D eigenvalue weighted by Crippen LogP contribution is 2.41. The van der Waals surface area contributed by atoms with Gasteiger partial charge in [0.25, 0.3) is 5.91 Å². The molecule has 0 spiro atoms. The molecule has 7 nitrogen and oxygen atoms in total. The number of amides is 4. The molecule has 4 rings (SSSR count). The van der Waals surface area contributed by atoms with Crippen LogP contribution in [0.3, 0.4) is 0 Å². The van der Waals surface area contributed by atoms with Gasteiger partial charge in [-0.15, -0.1) is 0 Å². The number of rotatable bonds is 3. The first kappa shape index (κ1) is 19.7. The highest BCUT2D eigenvalue weighted by Gasteiger charge is 2.56. The summed E-state index contributed by atoms with van der Waals surface area (Å²) in [5.41, 5.74) is 0.662. The van der Waals surface area contributed by atoms with Gasteiger partial charge in [-0.25, -0.2) is 9.59 Å². The number of urea groups is 1. The summed E-state index contributed by atoms with van der Waals surface area (Å²) in [6, 6.07) is 7.61. The number of imide groups is 1. The molecule has 156 valence electrons. The molecular weight excluding hydrogens is 370 g/mol. The Kier molecular flexibility index (Phi) is 4.59. The van der Waals surface area contributed by atoms with E-state index in [2.05, 4.69) is 0 Å². The molecule has 0 aliphatic carbocycles. The van der Waals surface area contributed by atoms with E-state index < -0.39 is 11.1 Å². The van der Waals surface area contributed by atoms with Crippen molar-refractivity contribution in [3.05, 3.63) is 29.8 Å². The van der Waals surface area contributed by atoms with Gasteiger partial charge in [0.05, 0.1) is 5.69 Å². The molecule has 2 saturated heterocycles. The summed E-state index contributed by atoms with van der Waals surface area (Å²) < 4.78 is 5.56. The van der Waals surface area contributed by atoms with Crippen LogP contribution in [0.15, 0.2) is 24.3 Å². The Bertz CT molecular complexity index is 862. The zero-order chi connectivity index (χ0) is 21.0. The lowest BCUT2D eigenvalue weighted by Crippen LogP contribution is -2.41. The Morgan fingerprint density at radius 2 is 1.97 bits per heavy atom. The predicted octanol–water partition coefficient (Wildman–Crippen LogP) is 3.73. The lowest BCUT2D eigenvalue weighted by molar-refractivity contribution is -0.131. The van der Waals surface area contributed by atoms with Crippen molar-refractivity contribution >= 4 is 23.7 Å². The highest BCUT2D eigenvalue weighted by molar-refractivity contribution is 6.07. The Labute approximate surface area is 171 Å². The number of nitrogens with zero attached hydrogens (tertiary/aromatic N) is 3. The van der Waals surface area contributed by atoms with E-state index in [1.165, 1.54) is 4.90 Å². The third kappa shape index (κ3) is 3.26. The standard InChI is InChI=1S/C22H29N3O4/c1-21(2,3)29-20(28)24-14-15(16-8-5-6-9-17(16)24)10-13-23-18(26)22(4)11-7-12-25(22)19(23)27/h5-6,8-9,15H,7,10-14H2,1-4H3/t15?,22-/m0/s1. The second-order valence-corrected chi connectivity index (χ2v) is 9.40. The number of benzene rings is 1. The number of hydrogen-bond acceptors (Lipinski definition) is 4. The van der Waals surface area contributed by atoms with Crippen LogP contribution in [0.4, 0.5) is 15.3 Å². The maximum atomic E-state index is 12.9. The number of ether oxygens (including phenoxy) is 1. The van der Waals surface area contributed by atoms with Gasteiger partial charge in [-0.1, -0.05) is 18.2 Å². The largest absolute Gasteiger partial charge is 0.443 e. The molecule has 2 fully saturated rings. The average Bonchev–Trinajstić information content (AvgIpc) is 3.26. The summed E-state index contributed by atoms with van der Waals surface area (Å²) in [5, 5.41) is 0. The molecular formula is C22H29N3O4. The van der Waals surface area contributed by atoms with Crippen LogP contribution in [0.25, 0.3) is 0 Å². The number of hydrogen-bond donors (Lipinski definition) is 0. The monoisotopic (exact) mass is 399 g/mol. The first-order valence-corrected chi connectivity index (χ1v) is 10.3. The minimum absolute atomic E-state index is 0.0579. The van der Waals surface area contributed by atoms with Crippen LogP contribution >= 0.6 is 0 Å². The zero-order valence-corrected chi connectivity index (χ0v) is 17.6. The molecule has 0 aromatic heterocycles. The van der Waals surface area contributed by atoms with Gasteiger partial charge in [-0.05, 0) is 58.6 Å². The Hall–Kier alpha value is -2.57. The number of carbonyl (C=O) groups excluding carboxylic acids is 3. The number of para-hydroxylation sites is 1. The smallest absolute Gasteiger partial charge is 0.414 e. The fraction of sp³-hybridized carbons (Fsp3) is 0.591. The van der Waals surface area contributed by atoms with E-state index in [1.807, 2.05) is 52.0 Å². The van der Waals surface area contributed by atoms with Gasteiger partial charge in [-0.3, -0.25) is 14.6 Å². The van der Waals surface area contributed by atoms with Crippen molar-refractivity contribution in [3.63, 3.8) is 0 Å². The Morgan fingerprint density at radius 1 is 1.24 bits per heavy atom. The molecule has 0 radical (unpaired) electrons. The number of fused-ring (bicyclic) bond motifs is 2. The molecule has 4 amide bonds. The van der Waals surface area contributed by atoms with Crippen LogP contribution < -0.4 is 4.90 Å². The fourth-order valence-electron chi connectivity index (χ4n) is 4.73. The lowest BCUT2D eigenvalue weighted by atomic mass is 9.96. The van der Waals surface area contributed by atoms with Crippen LogP contribution in [-0.4, -0.2) is 58.6 Å². The van der Waals surface area contributed by atoms with Crippen LogP contribution in [0.5, 0.6) is 0 Å². The first-order valence-electron chi connectivity index (χ1n) is 10.3. The quantitative estimate of drug-likeness (QED) is 0.726. The van der Waals surface area contributed by atoms with E-state index in [9.17, 15) is 14.4 Å². The Morgan fingerprint density at radius 3 is 2.66 bits per heavy atom. The molecule has 1 aromatic rings. The van der Waals surface area contributed by atoms with Crippen molar-refractivity contribution in [2.45, 2.75) is 64.0 Å². The average molecular weight is 399 g/mol. The fourth-order valence-corrected chi connectivity index (χ4v) is 4.73. The minimum atomic E-state index is -0.673. The van der Waals surface area contributed by atoms with Crippen LogP contribution in [0.2, 0.25) is 0 Å². The van der Waals surface area contributed by atoms with Crippen LogP contribution in [-0.2, 0) is 9.53 Å². The predicted molar refractivity (Wildman–Crippen MR) is 109 cm³/mol. The third-order valence-corrected chi connectivity index (χ3v) is 6.19. The number of anilines is 1. The van der Waals surface area contributed by atoms with Crippen molar-refractivity contribution in [2.24, 2.45) is 0 Å². The van der Waals surface area contributed by atoms with Gasteiger partial charge < -0.3 is 9.64 Å². The summed E-state index contributed by atoms with van der Waals surface area (Å²) in [5.74, 6) is -0.0298. The maximum Gasteiger partial charge on any atom is 0.414 e. The van der Waals surface area contributed by atoms with E-state index in [0.29, 0.717) is 26.1 Å². The molecule has 1 unspecified atom stereocenters. The molecule has 1 aromatic carbocycles. The van der Waals surface area contributed by atoms with E-state index in [4.69, 9.17) is 4.74 Å². The van der Waals surface area contributed by atoms with Gasteiger partial charge in [-0.2, -0.15) is 0 Å². The molecule has 3 aliphatic heterocycles. The van der Waals surface area contributed by atoms with Gasteiger partial charge in [0.2, 0.25) is 0 Å². The molecule has 3 aliphatic rings. The molecule has 7 heteroatoms. The van der Waals surface area contributed by atoms with Crippen LogP contribution in [0.1, 0.15) is 58.4 Å². The van der Waals surface area contributed by atoms with E-state index in [1.54, 1.807) is 9.80 Å². The normalized spacial score (nSPS) is 26.2. The molecule has 0 saturated carbocycles. The zero-order valence-electron chi connectivity index (χ0n) is 17.6. The maximum absolute atomic E-state index is 12.9. The molecule has 0 N–H and O–H groups in total. The van der Waals surface area contributed by atoms with Gasteiger partial charge in [0, 0.05) is 25.6 Å². The third-order valence-electron chi connectivity index (χ3n) is 6.19. The summed E-state index contributed by atoms with van der Waals surface area (Å²) in [6.07, 6.45) is 1.86. The highest BCUT2D eigenvalue weighted by atomic mass is 16.6. The van der Waals surface area contributed by atoms with E-state index >= 15 is 0 Å². The molecule has 2 atom stereocenters. The molecule has 29 heavy (non-hydrogen) atoms. The van der Waals surface area contributed by atoms with Crippen LogP contribution in [0, 0.1) is 0 Å². The lowest BCUT2D eigenvalue weighted by Gasteiger charge is -2.25. The van der Waals surface area contributed by atoms with Crippen molar-refractivity contribution in [1.82, 2.24) is 9.80 Å². The summed E-state index contributed by atoms with van der Waals surface area (Å²) >= 11 is 0. The minimum Gasteiger partial charge on any atom is -0.443 e. The summed E-state index contributed by atoms with van der Waals surface area (Å²) in [4.78, 5) is 43.1. The topological polar surface area (TPSA) is 70.2 Å². The van der Waals surface area contributed by atoms with Gasteiger partial charge in [0.15, 0.2) is 0 Å². The second kappa shape index (κ2) is 6.75. The Balaban J connectivity index is 1.48. The van der Waals surface area contributed by atoms with Crippen molar-refractivity contribution in [1.29, 1.82) is 0 Å². The first-order chi connectivity index (χ1) is 13.6. The van der Waals surface area contributed by atoms with Crippen molar-refractivity contribution < 1.29 is 19.1 Å². The molecule has 0 bridgehead atoms. The number of carbonyl (C=O) groups is 3. The van der Waals surface area contributed by atoms with Gasteiger partial charge in [0.1, 0.15) is 11.1 Å². The van der Waals surface area contributed by atoms with Crippen molar-refractivity contribution in [2.75, 3.05) is 24.5 Å². The van der Waals surface area contributed by atoms with E-state index in [0.717, 1.165) is 24.1 Å². The summed E-state index contributed by atoms with van der Waals surface area (Å²) in [6.45, 7) is 8.92. The van der Waals surface area contributed by atoms with Crippen molar-refractivity contribution in [3.8, 4) is 0 Å². The SMILES string of the molecule is CC(C)(C)OC(=O)N1CC(CCN2C(=O)N3CCC[C@@]3(C)C2=O)c2ccccc21. The van der Waals surface area contributed by atoms with E-state index in [-0.39, 0.29) is 23.9 Å². The molecule has 3 heterocycles. The summed E-state index contributed by atoms with van der Waals surface area (Å²) in [7, 11) is 0. The van der Waals surface area contributed by atoms with Gasteiger partial charge >= 0.3 is 12.1 Å².